The van der Waals surface area contributed by atoms with Crippen molar-refractivity contribution in [3.8, 4) is 0 Å². The molecule has 3 unspecified atom stereocenters. The molecule has 17 heavy (non-hydrogen) atoms. The van der Waals surface area contributed by atoms with Crippen molar-refractivity contribution in [1.82, 2.24) is 0 Å². The molecule has 1 N–H and O–H groups in total. The molecule has 4 heteroatoms. The molecule has 100 valence electrons. The SMILES string of the molecule is CCOCC(C)(O)C1CCOC2(CCSC2)C1. The van der Waals surface area contributed by atoms with E-state index in [4.69, 9.17) is 9.47 Å². The fourth-order valence-electron chi connectivity index (χ4n) is 2.85. The lowest BCUT2D eigenvalue weighted by Crippen LogP contribution is -2.49. The average Bonchev–Trinajstić information content (AvgIpc) is 2.75. The molecule has 2 aliphatic rings. The van der Waals surface area contributed by atoms with Crippen molar-refractivity contribution in [2.24, 2.45) is 5.92 Å². The van der Waals surface area contributed by atoms with E-state index in [0.717, 1.165) is 31.6 Å². The van der Waals surface area contributed by atoms with E-state index in [9.17, 15) is 5.11 Å². The van der Waals surface area contributed by atoms with Crippen LogP contribution in [0.15, 0.2) is 0 Å². The van der Waals surface area contributed by atoms with E-state index in [2.05, 4.69) is 0 Å². The van der Waals surface area contributed by atoms with E-state index >= 15 is 0 Å². The quantitative estimate of drug-likeness (QED) is 0.840. The molecule has 2 heterocycles. The van der Waals surface area contributed by atoms with Gasteiger partial charge in [0.15, 0.2) is 0 Å². The molecule has 2 saturated heterocycles. The highest BCUT2D eigenvalue weighted by Crippen LogP contribution is 2.43. The van der Waals surface area contributed by atoms with Gasteiger partial charge in [0.05, 0.1) is 17.8 Å². The molecular weight excluding hydrogens is 236 g/mol. The molecule has 3 atom stereocenters. The van der Waals surface area contributed by atoms with Crippen molar-refractivity contribution >= 4 is 11.8 Å². The summed E-state index contributed by atoms with van der Waals surface area (Å²) in [6.07, 6.45) is 3.07. The van der Waals surface area contributed by atoms with Gasteiger partial charge in [-0.3, -0.25) is 0 Å². The minimum Gasteiger partial charge on any atom is -0.387 e. The van der Waals surface area contributed by atoms with Crippen molar-refractivity contribution in [3.63, 3.8) is 0 Å². The zero-order valence-electron chi connectivity index (χ0n) is 10.9. The Morgan fingerprint density at radius 1 is 1.59 bits per heavy atom. The highest BCUT2D eigenvalue weighted by molar-refractivity contribution is 7.99. The maximum absolute atomic E-state index is 10.5. The topological polar surface area (TPSA) is 38.7 Å². The van der Waals surface area contributed by atoms with E-state index in [0.29, 0.717) is 19.1 Å². The van der Waals surface area contributed by atoms with E-state index in [1.807, 2.05) is 25.6 Å². The lowest BCUT2D eigenvalue weighted by molar-refractivity contribution is -0.144. The van der Waals surface area contributed by atoms with Gasteiger partial charge >= 0.3 is 0 Å². The smallest absolute Gasteiger partial charge is 0.0882 e. The fourth-order valence-corrected chi connectivity index (χ4v) is 4.23. The second-order valence-electron chi connectivity index (χ2n) is 5.52. The Morgan fingerprint density at radius 3 is 3.06 bits per heavy atom. The van der Waals surface area contributed by atoms with Crippen molar-refractivity contribution in [2.75, 3.05) is 31.3 Å². The molecule has 0 aromatic rings. The van der Waals surface area contributed by atoms with E-state index in [1.54, 1.807) is 0 Å². The van der Waals surface area contributed by atoms with Gasteiger partial charge in [-0.05, 0) is 44.8 Å². The Bertz CT molecular complexity index is 249. The van der Waals surface area contributed by atoms with Gasteiger partial charge in [0, 0.05) is 19.0 Å². The summed E-state index contributed by atoms with van der Waals surface area (Å²) in [6, 6.07) is 0. The molecule has 0 aromatic heterocycles. The third-order valence-electron chi connectivity index (χ3n) is 4.04. The number of hydrogen-bond acceptors (Lipinski definition) is 4. The Morgan fingerprint density at radius 2 is 2.41 bits per heavy atom. The van der Waals surface area contributed by atoms with Crippen LogP contribution in [0.2, 0.25) is 0 Å². The van der Waals surface area contributed by atoms with Crippen molar-refractivity contribution in [3.05, 3.63) is 0 Å². The molecule has 2 fully saturated rings. The van der Waals surface area contributed by atoms with Gasteiger partial charge in [-0.2, -0.15) is 11.8 Å². The summed E-state index contributed by atoms with van der Waals surface area (Å²) >= 11 is 1.97. The summed E-state index contributed by atoms with van der Waals surface area (Å²) in [7, 11) is 0. The van der Waals surface area contributed by atoms with Crippen LogP contribution >= 0.6 is 11.8 Å². The summed E-state index contributed by atoms with van der Waals surface area (Å²) < 4.78 is 11.4. The zero-order valence-corrected chi connectivity index (χ0v) is 11.7. The Labute approximate surface area is 108 Å². The largest absolute Gasteiger partial charge is 0.387 e. The molecule has 0 aliphatic carbocycles. The predicted molar refractivity (Wildman–Crippen MR) is 70.5 cm³/mol. The van der Waals surface area contributed by atoms with Crippen LogP contribution < -0.4 is 0 Å². The molecule has 0 aromatic carbocycles. The van der Waals surface area contributed by atoms with E-state index in [-0.39, 0.29) is 5.60 Å². The number of hydrogen-bond donors (Lipinski definition) is 1. The first-order valence-electron chi connectivity index (χ1n) is 6.60. The van der Waals surface area contributed by atoms with Crippen LogP contribution in [-0.2, 0) is 9.47 Å². The zero-order chi connectivity index (χ0) is 12.4. The van der Waals surface area contributed by atoms with E-state index < -0.39 is 5.60 Å². The summed E-state index contributed by atoms with van der Waals surface area (Å²) in [6.45, 7) is 5.77. The normalized spacial score (nSPS) is 37.2. The van der Waals surface area contributed by atoms with Gasteiger partial charge in [0.25, 0.3) is 0 Å². The lowest BCUT2D eigenvalue weighted by atomic mass is 9.76. The maximum atomic E-state index is 10.5. The molecular formula is C13H24O3S. The van der Waals surface area contributed by atoms with E-state index in [1.165, 1.54) is 5.75 Å². The number of thioether (sulfide) groups is 1. The predicted octanol–water partition coefficient (Wildman–Crippen LogP) is 2.08. The Kier molecular flexibility index (Phi) is 4.40. The molecule has 3 nitrogen and oxygen atoms in total. The van der Waals surface area contributed by atoms with Crippen molar-refractivity contribution in [1.29, 1.82) is 0 Å². The van der Waals surface area contributed by atoms with Gasteiger partial charge in [-0.15, -0.1) is 0 Å². The standard InChI is InChI=1S/C13H24O3S/c1-3-15-9-12(2,14)11-4-6-16-13(8-11)5-7-17-10-13/h11,14H,3-10H2,1-2H3. The highest BCUT2D eigenvalue weighted by Gasteiger charge is 2.45. The minimum absolute atomic E-state index is 0.0454. The Balaban J connectivity index is 1.96. The van der Waals surface area contributed by atoms with Crippen LogP contribution in [-0.4, -0.2) is 47.6 Å². The van der Waals surface area contributed by atoms with Gasteiger partial charge in [-0.1, -0.05) is 0 Å². The van der Waals surface area contributed by atoms with Crippen molar-refractivity contribution < 1.29 is 14.6 Å². The van der Waals surface area contributed by atoms with Crippen LogP contribution in [0, 0.1) is 5.92 Å². The van der Waals surface area contributed by atoms with Crippen LogP contribution in [0.25, 0.3) is 0 Å². The molecule has 0 radical (unpaired) electrons. The lowest BCUT2D eigenvalue weighted by Gasteiger charge is -2.43. The van der Waals surface area contributed by atoms with Gasteiger partial charge < -0.3 is 14.6 Å². The summed E-state index contributed by atoms with van der Waals surface area (Å²) in [5.41, 5.74) is -0.663. The van der Waals surface area contributed by atoms with Gasteiger partial charge in [-0.25, -0.2) is 0 Å². The number of aliphatic hydroxyl groups is 1. The molecule has 0 saturated carbocycles. The number of ether oxygens (including phenoxy) is 2. The monoisotopic (exact) mass is 260 g/mol. The summed E-state index contributed by atoms with van der Waals surface area (Å²) in [4.78, 5) is 0. The molecule has 0 amide bonds. The first-order chi connectivity index (χ1) is 8.08. The first-order valence-corrected chi connectivity index (χ1v) is 7.75. The van der Waals surface area contributed by atoms with Crippen LogP contribution in [0.5, 0.6) is 0 Å². The third-order valence-corrected chi connectivity index (χ3v) is 5.26. The first kappa shape index (κ1) is 13.7. The molecule has 2 rings (SSSR count). The van der Waals surface area contributed by atoms with Crippen molar-refractivity contribution in [2.45, 2.75) is 44.3 Å². The molecule has 2 aliphatic heterocycles. The van der Waals surface area contributed by atoms with Crippen LogP contribution in [0.1, 0.15) is 33.1 Å². The molecule has 0 bridgehead atoms. The third kappa shape index (κ3) is 3.16. The fraction of sp³-hybridized carbons (Fsp3) is 1.00. The summed E-state index contributed by atoms with van der Waals surface area (Å²) in [5.74, 6) is 2.59. The second kappa shape index (κ2) is 5.47. The minimum atomic E-state index is -0.708. The second-order valence-corrected chi connectivity index (χ2v) is 6.62. The summed E-state index contributed by atoms with van der Waals surface area (Å²) in [5, 5.41) is 10.5. The highest BCUT2D eigenvalue weighted by atomic mass is 32.2. The Hall–Kier alpha value is 0.230. The van der Waals surface area contributed by atoms with Crippen LogP contribution in [0.3, 0.4) is 0 Å². The van der Waals surface area contributed by atoms with Crippen LogP contribution in [0.4, 0.5) is 0 Å². The van der Waals surface area contributed by atoms with Gasteiger partial charge in [0.1, 0.15) is 0 Å². The molecule has 1 spiro atoms. The number of rotatable bonds is 4. The maximum Gasteiger partial charge on any atom is 0.0882 e. The van der Waals surface area contributed by atoms with Gasteiger partial charge in [0.2, 0.25) is 0 Å². The average molecular weight is 260 g/mol.